The molecule has 0 spiro atoms. The topological polar surface area (TPSA) is 34.1 Å². The zero-order valence-corrected chi connectivity index (χ0v) is 13.4. The molecule has 1 aromatic heterocycles. The summed E-state index contributed by atoms with van der Waals surface area (Å²) in [4.78, 5) is 4.64. The lowest BCUT2D eigenvalue weighted by Crippen LogP contribution is -2.16. The first kappa shape index (κ1) is 16.4. The fourth-order valence-electron chi connectivity index (χ4n) is 2.41. The van der Waals surface area contributed by atoms with E-state index in [0.29, 0.717) is 6.61 Å². The van der Waals surface area contributed by atoms with Crippen LogP contribution in [0.3, 0.4) is 0 Å². The molecule has 1 fully saturated rings. The van der Waals surface area contributed by atoms with Crippen molar-refractivity contribution >= 4 is 0 Å². The molecule has 1 saturated carbocycles. The van der Waals surface area contributed by atoms with Crippen LogP contribution in [0.25, 0.3) is 0 Å². The predicted octanol–water partition coefficient (Wildman–Crippen LogP) is 4.21. The Morgan fingerprint density at radius 2 is 1.86 bits per heavy atom. The van der Waals surface area contributed by atoms with Crippen LogP contribution in [-0.2, 0) is 17.9 Å². The van der Waals surface area contributed by atoms with Crippen molar-refractivity contribution in [2.24, 2.45) is 0 Å². The van der Waals surface area contributed by atoms with Crippen LogP contribution >= 0.6 is 0 Å². The molecular weight excluding hydrogens is 260 g/mol. The molecular formula is C18H30N2O. The first-order valence-corrected chi connectivity index (χ1v) is 8.64. The van der Waals surface area contributed by atoms with Gasteiger partial charge in [-0.05, 0) is 31.4 Å². The molecule has 2 rings (SSSR count). The molecule has 0 saturated heterocycles. The highest BCUT2D eigenvalue weighted by molar-refractivity contribution is 5.10. The number of nitrogens with one attached hydrogen (secondary N) is 1. The van der Waals surface area contributed by atoms with Crippen molar-refractivity contribution in [1.82, 2.24) is 10.3 Å². The average molecular weight is 290 g/mol. The van der Waals surface area contributed by atoms with Gasteiger partial charge < -0.3 is 10.1 Å². The minimum Gasteiger partial charge on any atom is -0.375 e. The average Bonchev–Trinajstić information content (AvgIpc) is 3.33. The lowest BCUT2D eigenvalue weighted by molar-refractivity contribution is 0.114. The number of hydrogen-bond donors (Lipinski definition) is 1. The minimum absolute atomic E-state index is 0.645. The van der Waals surface area contributed by atoms with Gasteiger partial charge in [-0.15, -0.1) is 0 Å². The zero-order chi connectivity index (χ0) is 14.8. The number of hydrogen-bond acceptors (Lipinski definition) is 3. The van der Waals surface area contributed by atoms with Crippen molar-refractivity contribution in [3.8, 4) is 0 Å². The molecule has 0 bridgehead atoms. The zero-order valence-electron chi connectivity index (χ0n) is 13.4. The van der Waals surface area contributed by atoms with Gasteiger partial charge in [0, 0.05) is 19.2 Å². The molecule has 0 aliphatic heterocycles. The van der Waals surface area contributed by atoms with Crippen LogP contribution in [0.2, 0.25) is 0 Å². The number of unbranched alkanes of at least 4 members (excludes halogenated alkanes) is 5. The first-order valence-electron chi connectivity index (χ1n) is 8.64. The van der Waals surface area contributed by atoms with Crippen molar-refractivity contribution in [3.05, 3.63) is 29.6 Å². The first-order chi connectivity index (χ1) is 10.4. The summed E-state index contributed by atoms with van der Waals surface area (Å²) < 4.78 is 5.74. The summed E-state index contributed by atoms with van der Waals surface area (Å²) in [6.45, 7) is 4.64. The Hall–Kier alpha value is -0.930. The number of nitrogens with zero attached hydrogens (tertiary/aromatic N) is 1. The summed E-state index contributed by atoms with van der Waals surface area (Å²) in [6.07, 6.45) is 10.5. The standard InChI is InChI=1S/C18H30N2O/c1-2-3-4-5-6-7-13-21-15-18-10-8-9-17(20-18)14-19-16-11-12-16/h8-10,16,19H,2-7,11-15H2,1H3. The molecule has 1 N–H and O–H groups in total. The fourth-order valence-corrected chi connectivity index (χ4v) is 2.41. The Labute approximate surface area is 129 Å². The SMILES string of the molecule is CCCCCCCCOCc1cccc(CNC2CC2)n1. The van der Waals surface area contributed by atoms with Crippen molar-refractivity contribution in [2.45, 2.75) is 77.5 Å². The van der Waals surface area contributed by atoms with Gasteiger partial charge in [0.25, 0.3) is 0 Å². The number of rotatable bonds is 12. The molecule has 0 atom stereocenters. The van der Waals surface area contributed by atoms with Crippen molar-refractivity contribution in [3.63, 3.8) is 0 Å². The monoisotopic (exact) mass is 290 g/mol. The number of aromatic nitrogens is 1. The molecule has 0 radical (unpaired) electrons. The maximum Gasteiger partial charge on any atom is 0.0887 e. The number of ether oxygens (including phenoxy) is 1. The Balaban J connectivity index is 1.54. The maximum absolute atomic E-state index is 5.74. The summed E-state index contributed by atoms with van der Waals surface area (Å²) >= 11 is 0. The molecule has 1 aromatic rings. The van der Waals surface area contributed by atoms with Gasteiger partial charge in [0.1, 0.15) is 0 Å². The molecule has 1 aliphatic rings. The van der Waals surface area contributed by atoms with Crippen molar-refractivity contribution in [2.75, 3.05) is 6.61 Å². The fraction of sp³-hybridized carbons (Fsp3) is 0.722. The Morgan fingerprint density at radius 1 is 1.10 bits per heavy atom. The quantitative estimate of drug-likeness (QED) is 0.585. The molecule has 3 nitrogen and oxygen atoms in total. The van der Waals surface area contributed by atoms with Crippen LogP contribution in [0.5, 0.6) is 0 Å². The van der Waals surface area contributed by atoms with Gasteiger partial charge in [-0.3, -0.25) is 4.98 Å². The Morgan fingerprint density at radius 3 is 2.67 bits per heavy atom. The van der Waals surface area contributed by atoms with Crippen molar-refractivity contribution < 1.29 is 4.74 Å². The second kappa shape index (κ2) is 9.91. The van der Waals surface area contributed by atoms with E-state index < -0.39 is 0 Å². The second-order valence-electron chi connectivity index (χ2n) is 6.10. The van der Waals surface area contributed by atoms with Crippen LogP contribution in [0, 0.1) is 0 Å². The summed E-state index contributed by atoms with van der Waals surface area (Å²) in [5.74, 6) is 0. The lowest BCUT2D eigenvalue weighted by Gasteiger charge is -2.07. The van der Waals surface area contributed by atoms with E-state index in [1.54, 1.807) is 0 Å². The van der Waals surface area contributed by atoms with Crippen LogP contribution in [0.4, 0.5) is 0 Å². The van der Waals surface area contributed by atoms with Gasteiger partial charge in [0.05, 0.1) is 18.0 Å². The van der Waals surface area contributed by atoms with Gasteiger partial charge in [0.2, 0.25) is 0 Å². The lowest BCUT2D eigenvalue weighted by atomic mass is 10.1. The van der Waals surface area contributed by atoms with Gasteiger partial charge in [-0.2, -0.15) is 0 Å². The van der Waals surface area contributed by atoms with Crippen LogP contribution in [0.15, 0.2) is 18.2 Å². The summed E-state index contributed by atoms with van der Waals surface area (Å²) in [5, 5.41) is 3.50. The van der Waals surface area contributed by atoms with Gasteiger partial charge in [0.15, 0.2) is 0 Å². The highest BCUT2D eigenvalue weighted by Gasteiger charge is 2.20. The van der Waals surface area contributed by atoms with E-state index in [1.165, 1.54) is 51.4 Å². The van der Waals surface area contributed by atoms with Crippen LogP contribution in [0.1, 0.15) is 69.7 Å². The third kappa shape index (κ3) is 7.58. The van der Waals surface area contributed by atoms with Crippen molar-refractivity contribution in [1.29, 1.82) is 0 Å². The maximum atomic E-state index is 5.74. The normalized spacial score (nSPS) is 14.5. The van der Waals surface area contributed by atoms with E-state index in [1.807, 2.05) is 0 Å². The smallest absolute Gasteiger partial charge is 0.0887 e. The predicted molar refractivity (Wildman–Crippen MR) is 87.1 cm³/mol. The summed E-state index contributed by atoms with van der Waals surface area (Å²) in [7, 11) is 0. The van der Waals surface area contributed by atoms with E-state index in [4.69, 9.17) is 4.74 Å². The Kier molecular flexibility index (Phi) is 7.76. The highest BCUT2D eigenvalue weighted by Crippen LogP contribution is 2.19. The molecule has 118 valence electrons. The van der Waals surface area contributed by atoms with Gasteiger partial charge in [-0.25, -0.2) is 0 Å². The molecule has 0 aromatic carbocycles. The van der Waals surface area contributed by atoms with E-state index in [-0.39, 0.29) is 0 Å². The molecule has 0 unspecified atom stereocenters. The third-order valence-corrected chi connectivity index (χ3v) is 3.91. The van der Waals surface area contributed by atoms with Crippen LogP contribution < -0.4 is 5.32 Å². The molecule has 21 heavy (non-hydrogen) atoms. The summed E-state index contributed by atoms with van der Waals surface area (Å²) in [5.41, 5.74) is 2.18. The highest BCUT2D eigenvalue weighted by atomic mass is 16.5. The van der Waals surface area contributed by atoms with E-state index in [2.05, 4.69) is 35.4 Å². The molecule has 1 heterocycles. The second-order valence-corrected chi connectivity index (χ2v) is 6.10. The number of pyridine rings is 1. The van der Waals surface area contributed by atoms with Gasteiger partial charge >= 0.3 is 0 Å². The van der Waals surface area contributed by atoms with E-state index in [0.717, 1.165) is 30.6 Å². The largest absolute Gasteiger partial charge is 0.375 e. The molecule has 3 heteroatoms. The van der Waals surface area contributed by atoms with E-state index in [9.17, 15) is 0 Å². The molecule has 0 amide bonds. The van der Waals surface area contributed by atoms with Crippen LogP contribution in [-0.4, -0.2) is 17.6 Å². The Bertz CT molecular complexity index is 391. The van der Waals surface area contributed by atoms with Gasteiger partial charge in [-0.1, -0.05) is 45.1 Å². The third-order valence-electron chi connectivity index (χ3n) is 3.91. The molecule has 1 aliphatic carbocycles. The summed E-state index contributed by atoms with van der Waals surface area (Å²) in [6, 6.07) is 6.97. The van der Waals surface area contributed by atoms with E-state index >= 15 is 0 Å². The minimum atomic E-state index is 0.645.